The van der Waals surface area contributed by atoms with Gasteiger partial charge in [-0.3, -0.25) is 9.59 Å². The number of carbonyl (C=O) groups is 2. The molecule has 0 radical (unpaired) electrons. The molecule has 1 unspecified atom stereocenters. The van der Waals surface area contributed by atoms with Crippen LogP contribution in [0.3, 0.4) is 0 Å². The summed E-state index contributed by atoms with van der Waals surface area (Å²) in [5.41, 5.74) is 0.865. The van der Waals surface area contributed by atoms with Crippen LogP contribution in [-0.4, -0.2) is 47.5 Å². The molecule has 1 heterocycles. The molecule has 25 heavy (non-hydrogen) atoms. The summed E-state index contributed by atoms with van der Waals surface area (Å²) >= 11 is 0. The zero-order valence-electron chi connectivity index (χ0n) is 14.5. The number of halogens is 2. The number of aliphatic hydroxyl groups excluding tert-OH is 1. The molecule has 1 aromatic carbocycles. The number of hydrogen-bond acceptors (Lipinski definition) is 4. The van der Waals surface area contributed by atoms with E-state index in [9.17, 15) is 23.5 Å². The molecule has 0 aromatic heterocycles. The van der Waals surface area contributed by atoms with Gasteiger partial charge in [-0.2, -0.15) is 0 Å². The lowest BCUT2D eigenvalue weighted by atomic mass is 9.85. The number of carbonyl (C=O) groups excluding carboxylic acids is 2. The maximum atomic E-state index is 14.1. The van der Waals surface area contributed by atoms with Gasteiger partial charge in [0, 0.05) is 18.0 Å². The van der Waals surface area contributed by atoms with E-state index < -0.39 is 48.8 Å². The maximum absolute atomic E-state index is 14.1. The van der Waals surface area contributed by atoms with Gasteiger partial charge in [0.15, 0.2) is 0 Å². The number of benzene rings is 1. The van der Waals surface area contributed by atoms with Crippen LogP contribution in [0.25, 0.3) is 0 Å². The van der Waals surface area contributed by atoms with Crippen molar-refractivity contribution in [3.8, 4) is 0 Å². The minimum Gasteiger partial charge on any atom is -0.469 e. The van der Waals surface area contributed by atoms with Gasteiger partial charge in [0.25, 0.3) is 11.8 Å². The van der Waals surface area contributed by atoms with E-state index >= 15 is 0 Å². The van der Waals surface area contributed by atoms with E-state index in [2.05, 4.69) is 4.74 Å². The van der Waals surface area contributed by atoms with Gasteiger partial charge in [0.1, 0.15) is 0 Å². The SMILES string of the molecule is CC[C@@H]1C(C(=O)OC)CC(F)(F)CN1C(=O)c1ccc([C@@H](C)O)cc1. The Morgan fingerprint density at radius 3 is 2.44 bits per heavy atom. The highest BCUT2D eigenvalue weighted by atomic mass is 19.3. The van der Waals surface area contributed by atoms with Crippen molar-refractivity contribution in [2.45, 2.75) is 44.8 Å². The highest BCUT2D eigenvalue weighted by Crippen LogP contribution is 2.37. The number of esters is 1. The molecule has 1 amide bonds. The Kier molecular flexibility index (Phi) is 5.77. The van der Waals surface area contributed by atoms with Gasteiger partial charge in [-0.15, -0.1) is 0 Å². The van der Waals surface area contributed by atoms with Crippen molar-refractivity contribution in [1.82, 2.24) is 4.90 Å². The van der Waals surface area contributed by atoms with E-state index in [0.29, 0.717) is 12.0 Å². The highest BCUT2D eigenvalue weighted by molar-refractivity contribution is 5.95. The van der Waals surface area contributed by atoms with E-state index in [-0.39, 0.29) is 5.56 Å². The first kappa shape index (κ1) is 19.3. The van der Waals surface area contributed by atoms with Gasteiger partial charge in [-0.25, -0.2) is 8.78 Å². The third kappa shape index (κ3) is 4.15. The lowest BCUT2D eigenvalue weighted by Gasteiger charge is -2.43. The van der Waals surface area contributed by atoms with Crippen LogP contribution >= 0.6 is 0 Å². The fraction of sp³-hybridized carbons (Fsp3) is 0.556. The zero-order chi connectivity index (χ0) is 18.8. The number of rotatable bonds is 4. The summed E-state index contributed by atoms with van der Waals surface area (Å²) in [5.74, 6) is -5.50. The Balaban J connectivity index is 2.32. The average Bonchev–Trinajstić information content (AvgIpc) is 2.59. The Bertz CT molecular complexity index is 630. The topological polar surface area (TPSA) is 66.8 Å². The van der Waals surface area contributed by atoms with Gasteiger partial charge >= 0.3 is 5.97 Å². The number of nitrogens with zero attached hydrogens (tertiary/aromatic N) is 1. The summed E-state index contributed by atoms with van der Waals surface area (Å²) in [6.45, 7) is 2.62. The molecule has 138 valence electrons. The van der Waals surface area contributed by atoms with Gasteiger partial charge in [-0.05, 0) is 31.0 Å². The quantitative estimate of drug-likeness (QED) is 0.844. The normalized spacial score (nSPS) is 23.8. The molecular weight excluding hydrogens is 332 g/mol. The van der Waals surface area contributed by atoms with Crippen molar-refractivity contribution in [2.75, 3.05) is 13.7 Å². The second-order valence-corrected chi connectivity index (χ2v) is 6.40. The Labute approximate surface area is 145 Å². The second-order valence-electron chi connectivity index (χ2n) is 6.40. The van der Waals surface area contributed by atoms with Crippen molar-refractivity contribution < 1.29 is 28.2 Å². The first-order valence-corrected chi connectivity index (χ1v) is 8.24. The molecule has 1 saturated heterocycles. The summed E-state index contributed by atoms with van der Waals surface area (Å²) in [7, 11) is 1.16. The van der Waals surface area contributed by atoms with Crippen LogP contribution in [0.4, 0.5) is 8.78 Å². The number of methoxy groups -OCH3 is 1. The Hall–Kier alpha value is -2.02. The smallest absolute Gasteiger partial charge is 0.310 e. The molecule has 1 aliphatic heterocycles. The molecule has 3 atom stereocenters. The molecule has 1 fully saturated rings. The first-order valence-electron chi connectivity index (χ1n) is 8.24. The highest BCUT2D eigenvalue weighted by Gasteiger charge is 2.50. The minimum atomic E-state index is -3.15. The van der Waals surface area contributed by atoms with Crippen molar-refractivity contribution >= 4 is 11.9 Å². The van der Waals surface area contributed by atoms with Crippen molar-refractivity contribution in [3.63, 3.8) is 0 Å². The standard InChI is InChI=1S/C18H23F2NO4/c1-4-15-14(17(24)25-3)9-18(19,20)10-21(15)16(23)13-7-5-12(6-8-13)11(2)22/h5-8,11,14-15,22H,4,9-10H2,1-3H3/t11-,14?,15-/m1/s1. The van der Waals surface area contributed by atoms with Crippen LogP contribution in [0.5, 0.6) is 0 Å². The summed E-state index contributed by atoms with van der Waals surface area (Å²) in [4.78, 5) is 25.8. The molecular formula is C18H23F2NO4. The number of aliphatic hydroxyl groups is 1. The predicted octanol–water partition coefficient (Wildman–Crippen LogP) is 2.79. The number of alkyl halides is 2. The average molecular weight is 355 g/mol. The Morgan fingerprint density at radius 2 is 1.96 bits per heavy atom. The summed E-state index contributed by atoms with van der Waals surface area (Å²) in [6.07, 6.45) is -0.938. The van der Waals surface area contributed by atoms with Crippen molar-refractivity contribution in [3.05, 3.63) is 35.4 Å². The van der Waals surface area contributed by atoms with E-state index in [1.807, 2.05) is 0 Å². The fourth-order valence-corrected chi connectivity index (χ4v) is 3.30. The molecule has 0 bridgehead atoms. The third-order valence-electron chi connectivity index (χ3n) is 4.61. The Morgan fingerprint density at radius 1 is 1.36 bits per heavy atom. The maximum Gasteiger partial charge on any atom is 0.310 e. The molecule has 7 heteroatoms. The first-order chi connectivity index (χ1) is 11.7. The number of likely N-dealkylation sites (tertiary alicyclic amines) is 1. The van der Waals surface area contributed by atoms with Crippen LogP contribution in [-0.2, 0) is 9.53 Å². The molecule has 1 N–H and O–H groups in total. The van der Waals surface area contributed by atoms with Crippen LogP contribution < -0.4 is 0 Å². The second kappa shape index (κ2) is 7.47. The van der Waals surface area contributed by atoms with Gasteiger partial charge in [0.2, 0.25) is 0 Å². The molecule has 0 spiro atoms. The molecule has 0 aliphatic carbocycles. The summed E-state index contributed by atoms with van der Waals surface area (Å²) in [5, 5.41) is 9.53. The van der Waals surface area contributed by atoms with Crippen LogP contribution in [0.15, 0.2) is 24.3 Å². The van der Waals surface area contributed by atoms with Gasteiger partial charge in [-0.1, -0.05) is 19.1 Å². The molecule has 1 aliphatic rings. The monoisotopic (exact) mass is 355 g/mol. The summed E-state index contributed by atoms with van der Waals surface area (Å²) < 4.78 is 32.9. The largest absolute Gasteiger partial charge is 0.469 e. The van der Waals surface area contributed by atoms with E-state index in [4.69, 9.17) is 0 Å². The number of ether oxygens (including phenoxy) is 1. The number of piperidine rings is 1. The van der Waals surface area contributed by atoms with Crippen molar-refractivity contribution in [1.29, 1.82) is 0 Å². The van der Waals surface area contributed by atoms with E-state index in [1.165, 1.54) is 12.1 Å². The van der Waals surface area contributed by atoms with Crippen LogP contribution in [0.2, 0.25) is 0 Å². The number of amides is 1. The molecule has 2 rings (SSSR count). The molecule has 1 aromatic rings. The van der Waals surface area contributed by atoms with Crippen molar-refractivity contribution in [2.24, 2.45) is 5.92 Å². The van der Waals surface area contributed by atoms with Gasteiger partial charge in [0.05, 0.1) is 25.7 Å². The summed E-state index contributed by atoms with van der Waals surface area (Å²) in [6, 6.07) is 5.52. The van der Waals surface area contributed by atoms with E-state index in [1.54, 1.807) is 26.0 Å². The lowest BCUT2D eigenvalue weighted by molar-refractivity contribution is -0.160. The van der Waals surface area contributed by atoms with Crippen LogP contribution in [0, 0.1) is 5.92 Å². The zero-order valence-corrected chi connectivity index (χ0v) is 14.5. The van der Waals surface area contributed by atoms with E-state index in [0.717, 1.165) is 12.0 Å². The van der Waals surface area contributed by atoms with Crippen LogP contribution in [0.1, 0.15) is 48.7 Å². The third-order valence-corrected chi connectivity index (χ3v) is 4.61. The van der Waals surface area contributed by atoms with Gasteiger partial charge < -0.3 is 14.7 Å². The molecule has 5 nitrogen and oxygen atoms in total. The number of hydrogen-bond donors (Lipinski definition) is 1. The molecule has 0 saturated carbocycles. The predicted molar refractivity (Wildman–Crippen MR) is 87.3 cm³/mol. The fourth-order valence-electron chi connectivity index (χ4n) is 3.30. The lowest BCUT2D eigenvalue weighted by Crippen LogP contribution is -2.57. The minimum absolute atomic E-state index is 0.240.